The molecule has 1 aromatic carbocycles. The van der Waals surface area contributed by atoms with E-state index < -0.39 is 5.78 Å². The zero-order valence-corrected chi connectivity index (χ0v) is 6.51. The maximum Gasteiger partial charge on any atom is 0.207 e. The molecule has 1 aromatic rings. The quantitative estimate of drug-likeness (QED) is 0.271. The van der Waals surface area contributed by atoms with Crippen LogP contribution in [0.2, 0.25) is 0 Å². The third kappa shape index (κ3) is 2.19. The van der Waals surface area contributed by atoms with Crippen molar-refractivity contribution in [1.82, 2.24) is 0 Å². The molecule has 13 heavy (non-hydrogen) atoms. The van der Waals surface area contributed by atoms with Crippen molar-refractivity contribution in [2.24, 2.45) is 5.16 Å². The molecule has 0 radical (unpaired) electrons. The van der Waals surface area contributed by atoms with Crippen LogP contribution in [-0.4, -0.2) is 27.4 Å². The Labute approximate surface area is 73.6 Å². The normalized spacial score (nSPS) is 10.5. The van der Waals surface area contributed by atoms with E-state index in [1.54, 1.807) is 0 Å². The van der Waals surface area contributed by atoms with Crippen LogP contribution in [0.3, 0.4) is 0 Å². The van der Waals surface area contributed by atoms with Gasteiger partial charge in [0.2, 0.25) is 5.78 Å². The number of phenolic OH excluding ortho intramolecular Hbond substituents is 2. The Balaban J connectivity index is 3.08. The van der Waals surface area contributed by atoms with Crippen LogP contribution >= 0.6 is 0 Å². The van der Waals surface area contributed by atoms with Crippen molar-refractivity contribution < 1.29 is 20.2 Å². The minimum absolute atomic E-state index is 0.0512. The van der Waals surface area contributed by atoms with Gasteiger partial charge in [-0.25, -0.2) is 0 Å². The van der Waals surface area contributed by atoms with E-state index in [-0.39, 0.29) is 17.1 Å². The Bertz CT molecular complexity index is 339. The monoisotopic (exact) mass is 181 g/mol. The highest BCUT2D eigenvalue weighted by Crippen LogP contribution is 2.20. The van der Waals surface area contributed by atoms with Crippen LogP contribution in [0.5, 0.6) is 11.5 Å². The number of nitrogens with zero attached hydrogens (tertiary/aromatic N) is 1. The average Bonchev–Trinajstić information content (AvgIpc) is 2.03. The van der Waals surface area contributed by atoms with E-state index in [1.165, 1.54) is 0 Å². The van der Waals surface area contributed by atoms with Gasteiger partial charge < -0.3 is 15.4 Å². The van der Waals surface area contributed by atoms with Crippen LogP contribution < -0.4 is 0 Å². The van der Waals surface area contributed by atoms with Gasteiger partial charge in [-0.2, -0.15) is 0 Å². The van der Waals surface area contributed by atoms with Gasteiger partial charge in [0.15, 0.2) is 0 Å². The first-order chi connectivity index (χ1) is 6.13. The fourth-order valence-corrected chi connectivity index (χ4v) is 0.864. The van der Waals surface area contributed by atoms with E-state index in [0.717, 1.165) is 18.2 Å². The first kappa shape index (κ1) is 9.05. The van der Waals surface area contributed by atoms with Crippen LogP contribution in [0, 0.1) is 0 Å². The van der Waals surface area contributed by atoms with Crippen molar-refractivity contribution in [1.29, 1.82) is 0 Å². The van der Waals surface area contributed by atoms with E-state index in [1.807, 2.05) is 0 Å². The van der Waals surface area contributed by atoms with Gasteiger partial charge >= 0.3 is 0 Å². The van der Waals surface area contributed by atoms with Gasteiger partial charge in [0.25, 0.3) is 0 Å². The van der Waals surface area contributed by atoms with Crippen LogP contribution in [0.4, 0.5) is 0 Å². The summed E-state index contributed by atoms with van der Waals surface area (Å²) in [5.74, 6) is -1.06. The molecule has 0 aromatic heterocycles. The average molecular weight is 181 g/mol. The standard InChI is InChI=1S/C8H7NO4/c10-6-1-5(2-7(11)3-6)8(12)4-9-13/h1-4,10-11,13H. The van der Waals surface area contributed by atoms with E-state index in [4.69, 9.17) is 15.4 Å². The Morgan fingerprint density at radius 2 is 1.77 bits per heavy atom. The zero-order valence-electron chi connectivity index (χ0n) is 6.51. The van der Waals surface area contributed by atoms with Crippen LogP contribution in [0.1, 0.15) is 10.4 Å². The first-order valence-corrected chi connectivity index (χ1v) is 3.38. The summed E-state index contributed by atoms with van der Waals surface area (Å²) < 4.78 is 0. The maximum atomic E-state index is 11.0. The van der Waals surface area contributed by atoms with Crippen molar-refractivity contribution in [3.63, 3.8) is 0 Å². The van der Waals surface area contributed by atoms with Crippen LogP contribution in [0.25, 0.3) is 0 Å². The molecule has 0 spiro atoms. The number of hydrogen-bond donors (Lipinski definition) is 3. The summed E-state index contributed by atoms with van der Waals surface area (Å²) in [6.45, 7) is 0. The summed E-state index contributed by atoms with van der Waals surface area (Å²) in [6, 6.07) is 3.40. The Morgan fingerprint density at radius 1 is 1.23 bits per heavy atom. The number of aromatic hydroxyl groups is 2. The molecule has 0 bridgehead atoms. The number of Topliss-reactive ketones (excluding diaryl/α,β-unsaturated/α-hetero) is 1. The third-order valence-electron chi connectivity index (χ3n) is 1.36. The second-order valence-corrected chi connectivity index (χ2v) is 2.35. The maximum absolute atomic E-state index is 11.0. The van der Waals surface area contributed by atoms with Gasteiger partial charge in [-0.3, -0.25) is 4.79 Å². The third-order valence-corrected chi connectivity index (χ3v) is 1.36. The molecule has 0 aliphatic rings. The Hall–Kier alpha value is -2.04. The molecule has 0 saturated carbocycles. The second-order valence-electron chi connectivity index (χ2n) is 2.35. The van der Waals surface area contributed by atoms with E-state index in [9.17, 15) is 4.79 Å². The smallest absolute Gasteiger partial charge is 0.207 e. The number of phenols is 2. The molecule has 0 atom stereocenters. The number of rotatable bonds is 2. The summed E-state index contributed by atoms with van der Waals surface area (Å²) >= 11 is 0. The first-order valence-electron chi connectivity index (χ1n) is 3.38. The lowest BCUT2D eigenvalue weighted by Crippen LogP contribution is -1.99. The predicted molar refractivity (Wildman–Crippen MR) is 44.4 cm³/mol. The molecular formula is C8H7NO4. The summed E-state index contributed by atoms with van der Waals surface area (Å²) in [7, 11) is 0. The number of oxime groups is 1. The van der Waals surface area contributed by atoms with Crippen molar-refractivity contribution in [3.8, 4) is 11.5 Å². The van der Waals surface area contributed by atoms with Crippen LogP contribution in [-0.2, 0) is 0 Å². The van der Waals surface area contributed by atoms with Crippen molar-refractivity contribution >= 4 is 12.0 Å². The number of carbonyl (C=O) groups is 1. The number of hydrogen-bond acceptors (Lipinski definition) is 5. The Kier molecular flexibility index (Phi) is 2.49. The summed E-state index contributed by atoms with van der Waals surface area (Å²) in [6.07, 6.45) is 0.675. The molecule has 5 heteroatoms. The van der Waals surface area contributed by atoms with Gasteiger partial charge in [-0.1, -0.05) is 5.16 Å². The minimum Gasteiger partial charge on any atom is -0.508 e. The molecule has 68 valence electrons. The van der Waals surface area contributed by atoms with E-state index in [2.05, 4.69) is 5.16 Å². The zero-order chi connectivity index (χ0) is 9.84. The molecular weight excluding hydrogens is 174 g/mol. The second kappa shape index (κ2) is 3.57. The highest BCUT2D eigenvalue weighted by Gasteiger charge is 2.05. The highest BCUT2D eigenvalue weighted by molar-refractivity contribution is 6.35. The largest absolute Gasteiger partial charge is 0.508 e. The molecule has 0 saturated heterocycles. The molecule has 5 nitrogen and oxygen atoms in total. The van der Waals surface area contributed by atoms with Crippen LogP contribution in [0.15, 0.2) is 23.4 Å². The summed E-state index contributed by atoms with van der Waals surface area (Å²) in [5.41, 5.74) is 0.0512. The van der Waals surface area contributed by atoms with Crippen molar-refractivity contribution in [2.45, 2.75) is 0 Å². The van der Waals surface area contributed by atoms with E-state index in [0.29, 0.717) is 6.21 Å². The molecule has 0 aliphatic carbocycles. The lowest BCUT2D eigenvalue weighted by Gasteiger charge is -1.98. The Morgan fingerprint density at radius 3 is 2.23 bits per heavy atom. The highest BCUT2D eigenvalue weighted by atomic mass is 16.4. The molecule has 3 N–H and O–H groups in total. The minimum atomic E-state index is -0.603. The summed E-state index contributed by atoms with van der Waals surface area (Å²) in [4.78, 5) is 11.0. The predicted octanol–water partition coefficient (Wildman–Crippen LogP) is 0.740. The molecule has 1 rings (SSSR count). The van der Waals surface area contributed by atoms with Gasteiger partial charge in [-0.05, 0) is 12.1 Å². The fourth-order valence-electron chi connectivity index (χ4n) is 0.864. The topological polar surface area (TPSA) is 90.1 Å². The van der Waals surface area contributed by atoms with E-state index >= 15 is 0 Å². The van der Waals surface area contributed by atoms with Gasteiger partial charge in [0.1, 0.15) is 17.7 Å². The van der Waals surface area contributed by atoms with Crippen molar-refractivity contribution in [2.75, 3.05) is 0 Å². The molecule has 0 amide bonds. The molecule has 0 heterocycles. The number of benzene rings is 1. The van der Waals surface area contributed by atoms with Gasteiger partial charge in [-0.15, -0.1) is 0 Å². The number of ketones is 1. The molecule has 0 fully saturated rings. The van der Waals surface area contributed by atoms with Crippen molar-refractivity contribution in [3.05, 3.63) is 23.8 Å². The lowest BCUT2D eigenvalue weighted by molar-refractivity contribution is 0.106. The fraction of sp³-hybridized carbons (Fsp3) is 0. The molecule has 0 aliphatic heterocycles. The number of carbonyl (C=O) groups excluding carboxylic acids is 1. The molecule has 0 unspecified atom stereocenters. The van der Waals surface area contributed by atoms with Gasteiger partial charge in [0.05, 0.1) is 0 Å². The summed E-state index contributed by atoms with van der Waals surface area (Å²) in [5, 5.41) is 28.6. The SMILES string of the molecule is O=C(C=NO)c1cc(O)cc(O)c1. The lowest BCUT2D eigenvalue weighted by atomic mass is 10.1. The van der Waals surface area contributed by atoms with Gasteiger partial charge in [0, 0.05) is 11.6 Å².